The van der Waals surface area contributed by atoms with Gasteiger partial charge in [0.05, 0.1) is 66.7 Å². The molecule has 12 heteroatoms. The number of rotatable bonds is 21. The Balaban J connectivity index is 1.36. The van der Waals surface area contributed by atoms with Crippen molar-refractivity contribution in [3.63, 3.8) is 0 Å². The molecular formula is C43H70O10S2. The minimum absolute atomic E-state index is 0.00603. The number of hydrogen-bond donors (Lipinski definition) is 1. The SMILES string of the molecule is C=C1C[C@H](CCC2OCC(C)(C)CO2)O[C@H]1CC[C@H](C[C@H](C)C(=C)[C@H](O)C[C@@H]1O[C@H](C[C@H](C)CC)[C@H](C)[C@H]1CS(=O)(=O)c1ccc(CC)cc1)OS(C)(=O)=O. The van der Waals surface area contributed by atoms with Crippen molar-refractivity contribution in [3.05, 3.63) is 54.1 Å². The molecule has 0 bridgehead atoms. The number of benzene rings is 1. The highest BCUT2D eigenvalue weighted by molar-refractivity contribution is 7.91. The molecular weight excluding hydrogens is 741 g/mol. The van der Waals surface area contributed by atoms with Crippen molar-refractivity contribution in [1.29, 1.82) is 0 Å². The summed E-state index contributed by atoms with van der Waals surface area (Å²) in [6.45, 7) is 24.4. The molecule has 3 saturated heterocycles. The summed E-state index contributed by atoms with van der Waals surface area (Å²) in [6, 6.07) is 7.09. The Labute approximate surface area is 332 Å². The van der Waals surface area contributed by atoms with E-state index >= 15 is 0 Å². The van der Waals surface area contributed by atoms with Crippen molar-refractivity contribution in [3.8, 4) is 0 Å². The van der Waals surface area contributed by atoms with Crippen LogP contribution in [0.4, 0.5) is 0 Å². The topological polar surface area (TPSA) is 135 Å². The highest BCUT2D eigenvalue weighted by atomic mass is 32.2. The first-order valence-corrected chi connectivity index (χ1v) is 24.0. The molecule has 10 nitrogen and oxygen atoms in total. The third-order valence-corrected chi connectivity index (χ3v) is 14.5. The summed E-state index contributed by atoms with van der Waals surface area (Å²) >= 11 is 0. The molecule has 0 spiro atoms. The van der Waals surface area contributed by atoms with Gasteiger partial charge < -0.3 is 24.1 Å². The Bertz CT molecular complexity index is 1610. The summed E-state index contributed by atoms with van der Waals surface area (Å²) in [5.74, 6) is -0.301. The van der Waals surface area contributed by atoms with Crippen molar-refractivity contribution in [1.82, 2.24) is 0 Å². The Morgan fingerprint density at radius 1 is 0.982 bits per heavy atom. The fourth-order valence-corrected chi connectivity index (χ4v) is 10.6. The van der Waals surface area contributed by atoms with Crippen LogP contribution in [0.15, 0.2) is 53.5 Å². The Morgan fingerprint density at radius 3 is 2.24 bits per heavy atom. The molecule has 314 valence electrons. The van der Waals surface area contributed by atoms with Crippen LogP contribution in [0, 0.1) is 29.1 Å². The van der Waals surface area contributed by atoms with Crippen LogP contribution < -0.4 is 0 Å². The van der Waals surface area contributed by atoms with E-state index in [1.807, 2.05) is 26.0 Å². The maximum atomic E-state index is 13.7. The zero-order valence-corrected chi connectivity index (χ0v) is 36.3. The molecule has 1 aromatic carbocycles. The lowest BCUT2D eigenvalue weighted by molar-refractivity contribution is -0.225. The number of hydrogen-bond acceptors (Lipinski definition) is 10. The molecule has 0 aliphatic carbocycles. The first-order valence-electron chi connectivity index (χ1n) is 20.5. The van der Waals surface area contributed by atoms with Gasteiger partial charge in [0.2, 0.25) is 0 Å². The molecule has 1 N–H and O–H groups in total. The van der Waals surface area contributed by atoms with Gasteiger partial charge in [-0.05, 0) is 91.5 Å². The van der Waals surface area contributed by atoms with Gasteiger partial charge in [-0.3, -0.25) is 4.18 Å². The lowest BCUT2D eigenvalue weighted by atomic mass is 9.83. The number of ether oxygens (including phenoxy) is 4. The lowest BCUT2D eigenvalue weighted by Gasteiger charge is -2.34. The number of sulfone groups is 1. The van der Waals surface area contributed by atoms with Crippen LogP contribution in [0.1, 0.15) is 112 Å². The van der Waals surface area contributed by atoms with Crippen LogP contribution in [0.3, 0.4) is 0 Å². The van der Waals surface area contributed by atoms with Crippen LogP contribution in [0.25, 0.3) is 0 Å². The molecule has 55 heavy (non-hydrogen) atoms. The quantitative estimate of drug-likeness (QED) is 0.0968. The maximum Gasteiger partial charge on any atom is 0.264 e. The van der Waals surface area contributed by atoms with Crippen molar-refractivity contribution in [2.75, 3.05) is 25.2 Å². The third-order valence-electron chi connectivity index (χ3n) is 12.1. The normalized spacial score (nSPS) is 28.6. The first-order chi connectivity index (χ1) is 25.7. The fourth-order valence-electron chi connectivity index (χ4n) is 8.16. The van der Waals surface area contributed by atoms with Gasteiger partial charge in [0.15, 0.2) is 16.1 Å². The summed E-state index contributed by atoms with van der Waals surface area (Å²) in [7, 11) is -7.39. The lowest BCUT2D eigenvalue weighted by Crippen LogP contribution is -2.38. The van der Waals surface area contributed by atoms with Gasteiger partial charge in [-0.1, -0.05) is 80.2 Å². The number of aliphatic hydroxyl groups is 1. The predicted octanol–water partition coefficient (Wildman–Crippen LogP) is 7.83. The van der Waals surface area contributed by atoms with Crippen molar-refractivity contribution in [2.45, 2.75) is 160 Å². The average molecular weight is 811 g/mol. The van der Waals surface area contributed by atoms with Gasteiger partial charge in [-0.2, -0.15) is 8.42 Å². The van der Waals surface area contributed by atoms with E-state index in [2.05, 4.69) is 47.8 Å². The summed E-state index contributed by atoms with van der Waals surface area (Å²) in [4.78, 5) is 0.298. The summed E-state index contributed by atoms with van der Waals surface area (Å²) in [5, 5.41) is 11.6. The predicted molar refractivity (Wildman–Crippen MR) is 217 cm³/mol. The minimum Gasteiger partial charge on any atom is -0.389 e. The zero-order valence-electron chi connectivity index (χ0n) is 34.7. The largest absolute Gasteiger partial charge is 0.389 e. The molecule has 3 aliphatic rings. The van der Waals surface area contributed by atoms with E-state index in [1.165, 1.54) is 0 Å². The monoisotopic (exact) mass is 810 g/mol. The van der Waals surface area contributed by atoms with Gasteiger partial charge in [0.1, 0.15) is 0 Å². The van der Waals surface area contributed by atoms with E-state index in [4.69, 9.17) is 23.1 Å². The van der Waals surface area contributed by atoms with Gasteiger partial charge in [0, 0.05) is 24.2 Å². The summed E-state index contributed by atoms with van der Waals surface area (Å²) < 4.78 is 82.4. The smallest absolute Gasteiger partial charge is 0.264 e. The fraction of sp³-hybridized carbons (Fsp3) is 0.767. The van der Waals surface area contributed by atoms with Crippen molar-refractivity contribution >= 4 is 20.0 Å². The summed E-state index contributed by atoms with van der Waals surface area (Å²) in [6.07, 6.45) is 4.69. The Kier molecular flexibility index (Phi) is 16.6. The Morgan fingerprint density at radius 2 is 1.64 bits per heavy atom. The number of aryl methyl sites for hydroxylation is 1. The van der Waals surface area contributed by atoms with Gasteiger partial charge >= 0.3 is 0 Å². The molecule has 0 aromatic heterocycles. The standard InChI is InChI=1S/C43H70O10S2/c1-11-28(3)21-40-32(7)37(25-55(47,48)36-17-13-33(12-2)14-18-36)41(52-40)24-38(44)31(6)29(4)22-35(53-54(10,45)46)15-19-39-30(5)23-34(51-39)16-20-42-49-26-43(8,9)27-50-42/h13-14,17-18,28-29,32,34-35,37-42,44H,5-6,11-12,15-16,19-27H2,1-4,7-10H3/t28-,29+,32-,34+,35-,37-,38-,39+,40-,41+/m1/s1. The molecule has 3 fully saturated rings. The van der Waals surface area contributed by atoms with E-state index in [-0.39, 0.29) is 59.9 Å². The zero-order chi connectivity index (χ0) is 40.7. The van der Waals surface area contributed by atoms with Crippen LogP contribution in [-0.4, -0.2) is 90.1 Å². The Hall–Kier alpha value is -1.64. The third kappa shape index (κ3) is 13.7. The molecule has 4 rings (SSSR count). The first kappa shape index (κ1) is 46.1. The number of aliphatic hydroxyl groups excluding tert-OH is 1. The molecule has 0 radical (unpaired) electrons. The van der Waals surface area contributed by atoms with E-state index in [9.17, 15) is 21.9 Å². The van der Waals surface area contributed by atoms with E-state index in [1.54, 1.807) is 12.1 Å². The molecule has 1 aromatic rings. The van der Waals surface area contributed by atoms with Crippen LogP contribution in [0.5, 0.6) is 0 Å². The van der Waals surface area contributed by atoms with E-state index in [0.717, 1.165) is 55.9 Å². The molecule has 0 amide bonds. The molecule has 3 heterocycles. The highest BCUT2D eigenvalue weighted by Crippen LogP contribution is 2.41. The second kappa shape index (κ2) is 19.9. The van der Waals surface area contributed by atoms with Gasteiger partial charge in [0.25, 0.3) is 10.1 Å². The highest BCUT2D eigenvalue weighted by Gasteiger charge is 2.45. The van der Waals surface area contributed by atoms with Crippen molar-refractivity contribution < 1.29 is 45.1 Å². The van der Waals surface area contributed by atoms with Crippen LogP contribution in [-0.2, 0) is 49.5 Å². The van der Waals surface area contributed by atoms with Gasteiger partial charge in [-0.15, -0.1) is 0 Å². The summed E-state index contributed by atoms with van der Waals surface area (Å²) in [5.41, 5.74) is 2.61. The molecule has 0 unspecified atom stereocenters. The maximum absolute atomic E-state index is 13.7. The molecule has 0 saturated carbocycles. The van der Waals surface area contributed by atoms with Gasteiger partial charge in [-0.25, -0.2) is 8.42 Å². The second-order valence-electron chi connectivity index (χ2n) is 17.6. The molecule has 10 atom stereocenters. The average Bonchev–Trinajstić information content (AvgIpc) is 3.61. The molecule has 3 aliphatic heterocycles. The van der Waals surface area contributed by atoms with E-state index in [0.29, 0.717) is 48.9 Å². The minimum atomic E-state index is -3.77. The van der Waals surface area contributed by atoms with E-state index < -0.39 is 38.3 Å². The van der Waals surface area contributed by atoms with Crippen molar-refractivity contribution in [2.24, 2.45) is 29.1 Å². The second-order valence-corrected chi connectivity index (χ2v) is 21.3. The van der Waals surface area contributed by atoms with Crippen LogP contribution in [0.2, 0.25) is 0 Å². The van der Waals surface area contributed by atoms with Crippen LogP contribution >= 0.6 is 0 Å².